The van der Waals surface area contributed by atoms with E-state index in [0.717, 1.165) is 28.8 Å². The second-order valence-corrected chi connectivity index (χ2v) is 11.0. The zero-order chi connectivity index (χ0) is 26.9. The van der Waals surface area contributed by atoms with Crippen molar-refractivity contribution in [3.8, 4) is 11.8 Å². The van der Waals surface area contributed by atoms with E-state index in [4.69, 9.17) is 4.74 Å². The summed E-state index contributed by atoms with van der Waals surface area (Å²) in [6.45, 7) is 2.21. The van der Waals surface area contributed by atoms with Gasteiger partial charge in [0.2, 0.25) is 0 Å². The number of rotatable bonds is 3. The van der Waals surface area contributed by atoms with Crippen LogP contribution in [-0.4, -0.2) is 25.9 Å². The third-order valence-corrected chi connectivity index (χ3v) is 8.32. The van der Waals surface area contributed by atoms with Crippen LogP contribution in [0.5, 0.6) is 0 Å². The molecule has 2 aliphatic heterocycles. The summed E-state index contributed by atoms with van der Waals surface area (Å²) in [7, 11) is -3.75. The van der Waals surface area contributed by atoms with Crippen LogP contribution >= 0.6 is 0 Å². The van der Waals surface area contributed by atoms with Crippen molar-refractivity contribution in [3.05, 3.63) is 124 Å². The van der Waals surface area contributed by atoms with E-state index in [9.17, 15) is 21.6 Å². The Labute approximate surface area is 220 Å². The molecule has 0 saturated heterocycles. The first-order valence-electron chi connectivity index (χ1n) is 12.0. The predicted molar refractivity (Wildman–Crippen MR) is 138 cm³/mol. The first-order valence-corrected chi connectivity index (χ1v) is 13.5. The van der Waals surface area contributed by atoms with Gasteiger partial charge in [-0.1, -0.05) is 59.9 Å². The SMILES string of the molecule is Cc1ccc(S(=O)(=O)N2C=C3COC(c4ccc(C(F)(F)F)cc4)C(C#Cc4ccccc4)=C3CC2)cc1. The summed E-state index contributed by atoms with van der Waals surface area (Å²) in [6.07, 6.45) is -3.12. The first kappa shape index (κ1) is 25.8. The van der Waals surface area contributed by atoms with Crippen molar-refractivity contribution in [3.63, 3.8) is 0 Å². The van der Waals surface area contributed by atoms with E-state index in [1.165, 1.54) is 16.4 Å². The highest BCUT2D eigenvalue weighted by atomic mass is 32.2. The highest BCUT2D eigenvalue weighted by Crippen LogP contribution is 2.40. The molecule has 0 bridgehead atoms. The summed E-state index contributed by atoms with van der Waals surface area (Å²) in [5, 5.41) is 0. The number of ether oxygens (including phenoxy) is 1. The molecule has 2 heterocycles. The lowest BCUT2D eigenvalue weighted by molar-refractivity contribution is -0.137. The molecule has 3 aromatic carbocycles. The smallest absolute Gasteiger partial charge is 0.363 e. The van der Waals surface area contributed by atoms with Crippen molar-refractivity contribution in [1.82, 2.24) is 4.31 Å². The summed E-state index contributed by atoms with van der Waals surface area (Å²) >= 11 is 0. The first-order chi connectivity index (χ1) is 18.1. The molecule has 0 spiro atoms. The molecule has 2 aliphatic rings. The van der Waals surface area contributed by atoms with Gasteiger partial charge in [-0.15, -0.1) is 0 Å². The molecule has 194 valence electrons. The summed E-state index contributed by atoms with van der Waals surface area (Å²) in [5.74, 6) is 6.32. The molecule has 1 unspecified atom stereocenters. The second kappa shape index (κ2) is 10.2. The van der Waals surface area contributed by atoms with Gasteiger partial charge >= 0.3 is 6.18 Å². The third-order valence-electron chi connectivity index (χ3n) is 6.55. The van der Waals surface area contributed by atoms with Crippen molar-refractivity contribution < 1.29 is 26.3 Å². The molecule has 1 atom stereocenters. The number of sulfonamides is 1. The Balaban J connectivity index is 1.55. The van der Waals surface area contributed by atoms with Crippen molar-refractivity contribution in [2.75, 3.05) is 13.2 Å². The average molecular weight is 536 g/mol. The van der Waals surface area contributed by atoms with Gasteiger partial charge < -0.3 is 4.74 Å². The lowest BCUT2D eigenvalue weighted by Crippen LogP contribution is -2.33. The number of hydrogen-bond donors (Lipinski definition) is 0. The minimum absolute atomic E-state index is 0.109. The minimum atomic E-state index is -4.44. The minimum Gasteiger partial charge on any atom is -0.363 e. The fraction of sp³-hybridized carbons (Fsp3) is 0.200. The molecule has 0 aliphatic carbocycles. The van der Waals surface area contributed by atoms with Gasteiger partial charge in [-0.05, 0) is 66.5 Å². The van der Waals surface area contributed by atoms with Crippen LogP contribution < -0.4 is 0 Å². The molecular weight excluding hydrogens is 511 g/mol. The van der Waals surface area contributed by atoms with E-state index >= 15 is 0 Å². The van der Waals surface area contributed by atoms with E-state index in [1.54, 1.807) is 30.5 Å². The van der Waals surface area contributed by atoms with Gasteiger partial charge in [0.25, 0.3) is 10.0 Å². The Hall–Kier alpha value is -3.80. The average Bonchev–Trinajstić information content (AvgIpc) is 2.91. The molecule has 4 nitrogen and oxygen atoms in total. The topological polar surface area (TPSA) is 46.6 Å². The molecule has 0 N–H and O–H groups in total. The van der Waals surface area contributed by atoms with E-state index in [2.05, 4.69) is 11.8 Å². The summed E-state index contributed by atoms with van der Waals surface area (Å²) in [5.41, 5.74) is 3.73. The summed E-state index contributed by atoms with van der Waals surface area (Å²) < 4.78 is 73.3. The zero-order valence-electron chi connectivity index (χ0n) is 20.5. The van der Waals surface area contributed by atoms with Crippen molar-refractivity contribution in [2.24, 2.45) is 0 Å². The number of benzene rings is 3. The van der Waals surface area contributed by atoms with Crippen molar-refractivity contribution in [1.29, 1.82) is 0 Å². The predicted octanol–water partition coefficient (Wildman–Crippen LogP) is 6.41. The molecule has 5 rings (SSSR count). The van der Waals surface area contributed by atoms with Gasteiger partial charge in [-0.3, -0.25) is 4.31 Å². The fourth-order valence-electron chi connectivity index (χ4n) is 4.49. The summed E-state index contributed by atoms with van der Waals surface area (Å²) in [4.78, 5) is 0.204. The molecular formula is C30H24F3NO3S. The fourth-order valence-corrected chi connectivity index (χ4v) is 5.84. The maximum absolute atomic E-state index is 13.3. The summed E-state index contributed by atoms with van der Waals surface area (Å²) in [6, 6.07) is 20.9. The molecule has 0 saturated carbocycles. The third kappa shape index (κ3) is 5.26. The number of alkyl halides is 3. The van der Waals surface area contributed by atoms with Crippen LogP contribution in [0.4, 0.5) is 13.2 Å². The number of aryl methyl sites for hydroxylation is 1. The Morgan fingerprint density at radius 1 is 0.921 bits per heavy atom. The second-order valence-electron chi connectivity index (χ2n) is 9.15. The zero-order valence-corrected chi connectivity index (χ0v) is 21.3. The standard InChI is InChI=1S/C30H24F3NO3S/c1-21-7-14-26(15-8-21)38(35,36)34-18-17-27-24(19-34)20-37-29(23-10-12-25(13-11-23)30(31,32)33)28(27)16-9-22-5-3-2-4-6-22/h2-8,10-15,19,29H,17-18,20H2,1H3. The van der Waals surface area contributed by atoms with Crippen LogP contribution in [0.2, 0.25) is 0 Å². The molecule has 38 heavy (non-hydrogen) atoms. The number of hydrogen-bond acceptors (Lipinski definition) is 3. The molecule has 0 aromatic heterocycles. The molecule has 3 aromatic rings. The highest BCUT2D eigenvalue weighted by molar-refractivity contribution is 7.89. The number of nitrogens with zero attached hydrogens (tertiary/aromatic N) is 1. The lowest BCUT2D eigenvalue weighted by Gasteiger charge is -2.34. The van der Waals surface area contributed by atoms with Crippen LogP contribution in [-0.2, 0) is 20.9 Å². The number of halogens is 3. The Kier molecular flexibility index (Phi) is 6.91. The van der Waals surface area contributed by atoms with Crippen molar-refractivity contribution >= 4 is 10.0 Å². The largest absolute Gasteiger partial charge is 0.416 e. The van der Waals surface area contributed by atoms with Crippen LogP contribution in [0.3, 0.4) is 0 Å². The molecule has 0 radical (unpaired) electrons. The Morgan fingerprint density at radius 3 is 2.26 bits per heavy atom. The van der Waals surface area contributed by atoms with Gasteiger partial charge in [-0.2, -0.15) is 13.2 Å². The molecule has 8 heteroatoms. The maximum atomic E-state index is 13.3. The van der Waals surface area contributed by atoms with Gasteiger partial charge in [0, 0.05) is 23.9 Å². The van der Waals surface area contributed by atoms with Crippen LogP contribution in [0.15, 0.2) is 107 Å². The van der Waals surface area contributed by atoms with E-state index in [-0.39, 0.29) is 18.0 Å². The van der Waals surface area contributed by atoms with E-state index in [1.807, 2.05) is 37.3 Å². The van der Waals surface area contributed by atoms with Crippen LogP contribution in [0, 0.1) is 18.8 Å². The van der Waals surface area contributed by atoms with Gasteiger partial charge in [0.15, 0.2) is 0 Å². The Morgan fingerprint density at radius 2 is 1.61 bits per heavy atom. The van der Waals surface area contributed by atoms with Crippen molar-refractivity contribution in [2.45, 2.75) is 30.5 Å². The van der Waals surface area contributed by atoms with E-state index < -0.39 is 27.9 Å². The van der Waals surface area contributed by atoms with Gasteiger partial charge in [-0.25, -0.2) is 8.42 Å². The Bertz CT molecular complexity index is 1560. The van der Waals surface area contributed by atoms with Crippen LogP contribution in [0.1, 0.15) is 34.8 Å². The highest BCUT2D eigenvalue weighted by Gasteiger charge is 2.34. The van der Waals surface area contributed by atoms with Gasteiger partial charge in [0.05, 0.1) is 17.1 Å². The number of fused-ring (bicyclic) bond motifs is 1. The molecule has 0 amide bonds. The normalized spacial score (nSPS) is 17.8. The maximum Gasteiger partial charge on any atom is 0.416 e. The van der Waals surface area contributed by atoms with Gasteiger partial charge in [0.1, 0.15) is 6.10 Å². The quantitative estimate of drug-likeness (QED) is 0.364. The monoisotopic (exact) mass is 535 g/mol. The molecule has 0 fully saturated rings. The van der Waals surface area contributed by atoms with E-state index in [0.29, 0.717) is 23.1 Å². The van der Waals surface area contributed by atoms with Crippen LogP contribution in [0.25, 0.3) is 0 Å². The lowest BCUT2D eigenvalue weighted by atomic mass is 9.87.